The largest absolute Gasteiger partial charge is 0.375 e. The summed E-state index contributed by atoms with van der Waals surface area (Å²) in [5.74, 6) is -1.56. The molecule has 1 heterocycles. The summed E-state index contributed by atoms with van der Waals surface area (Å²) in [6, 6.07) is 0. The maximum Gasteiger partial charge on any atom is 0.266 e. The Hall–Kier alpha value is -1.68. The summed E-state index contributed by atoms with van der Waals surface area (Å²) in [4.78, 5) is 25.3. The molecule has 1 aliphatic heterocycles. The average molecular weight is 247 g/mol. The molecule has 1 saturated heterocycles. The first kappa shape index (κ1) is 12.8. The van der Waals surface area contributed by atoms with Gasteiger partial charge in [0.15, 0.2) is 5.60 Å². The van der Waals surface area contributed by atoms with Gasteiger partial charge >= 0.3 is 0 Å². The predicted octanol–water partition coefficient (Wildman–Crippen LogP) is 1.18. The van der Waals surface area contributed by atoms with Gasteiger partial charge in [-0.25, -0.2) is 0 Å². The molecule has 1 fully saturated rings. The molecule has 1 N–H and O–H groups in total. The molecule has 4 heteroatoms. The summed E-state index contributed by atoms with van der Waals surface area (Å²) in [5.41, 5.74) is -1.66. The maximum atomic E-state index is 12.1. The number of hydrogen-bond donors (Lipinski definition) is 1. The molecule has 0 aromatic heterocycles. The van der Waals surface area contributed by atoms with Crippen LogP contribution in [0.25, 0.3) is 0 Å². The fourth-order valence-electron chi connectivity index (χ4n) is 2.36. The number of hydrogen-bond acceptors (Lipinski definition) is 3. The van der Waals surface area contributed by atoms with Crippen LogP contribution in [0, 0.1) is 5.92 Å². The fourth-order valence-corrected chi connectivity index (χ4v) is 2.36. The van der Waals surface area contributed by atoms with Crippen molar-refractivity contribution in [2.45, 2.75) is 24.9 Å². The highest BCUT2D eigenvalue weighted by molar-refractivity contribution is 6.11. The molecule has 0 aromatic rings. The van der Waals surface area contributed by atoms with Gasteiger partial charge in [-0.2, -0.15) is 0 Å². The molecule has 0 saturated carbocycles. The lowest BCUT2D eigenvalue weighted by molar-refractivity contribution is -0.143. The van der Waals surface area contributed by atoms with Gasteiger partial charge in [0.05, 0.1) is 5.92 Å². The number of unbranched alkanes of at least 4 members (excludes halogenated alkanes) is 2. The van der Waals surface area contributed by atoms with Gasteiger partial charge in [-0.3, -0.25) is 14.5 Å². The average Bonchev–Trinajstić information content (AvgIpc) is 2.55. The van der Waals surface area contributed by atoms with Crippen LogP contribution in [0.3, 0.4) is 0 Å². The minimum atomic E-state index is -1.66. The van der Waals surface area contributed by atoms with Gasteiger partial charge in [0, 0.05) is 6.54 Å². The zero-order valence-corrected chi connectivity index (χ0v) is 10.2. The number of aliphatic hydroxyl groups is 1. The van der Waals surface area contributed by atoms with Crippen LogP contribution in [0.4, 0.5) is 0 Å². The second-order valence-electron chi connectivity index (χ2n) is 4.63. The summed E-state index contributed by atoms with van der Waals surface area (Å²) in [5, 5.41) is 10.3. The smallest absolute Gasteiger partial charge is 0.266 e. The van der Waals surface area contributed by atoms with Crippen LogP contribution in [-0.2, 0) is 9.59 Å². The van der Waals surface area contributed by atoms with Gasteiger partial charge in [0.1, 0.15) is 0 Å². The molecule has 0 radical (unpaired) electrons. The standard InChI is InChI=1S/C14H17NO3/c1-2-3-4-7-10-15-12(16)11-8-5-6-9-14(11,18)13(15)17/h2,5-6,8-9,11,18H,1,3-4,7,10H2. The minimum absolute atomic E-state index is 0.304. The Kier molecular flexibility index (Phi) is 3.48. The van der Waals surface area contributed by atoms with Crippen molar-refractivity contribution in [3.8, 4) is 0 Å². The predicted molar refractivity (Wildman–Crippen MR) is 67.5 cm³/mol. The van der Waals surface area contributed by atoms with E-state index in [0.29, 0.717) is 6.54 Å². The van der Waals surface area contributed by atoms with Crippen LogP contribution in [0.5, 0.6) is 0 Å². The molecule has 2 atom stereocenters. The van der Waals surface area contributed by atoms with Gasteiger partial charge in [-0.15, -0.1) is 6.58 Å². The van der Waals surface area contributed by atoms with Gasteiger partial charge in [-0.1, -0.05) is 24.3 Å². The highest BCUT2D eigenvalue weighted by Crippen LogP contribution is 2.35. The quantitative estimate of drug-likeness (QED) is 0.451. The van der Waals surface area contributed by atoms with Crippen LogP contribution < -0.4 is 0 Å². The third-order valence-electron chi connectivity index (χ3n) is 3.40. The van der Waals surface area contributed by atoms with Crippen LogP contribution in [0.2, 0.25) is 0 Å². The fraction of sp³-hybridized carbons (Fsp3) is 0.429. The van der Waals surface area contributed by atoms with E-state index in [9.17, 15) is 14.7 Å². The van der Waals surface area contributed by atoms with E-state index >= 15 is 0 Å². The summed E-state index contributed by atoms with van der Waals surface area (Å²) in [6.07, 6.45) is 10.6. The van der Waals surface area contributed by atoms with E-state index in [4.69, 9.17) is 0 Å². The number of allylic oxidation sites excluding steroid dienone is 3. The van der Waals surface area contributed by atoms with E-state index in [1.807, 2.05) is 6.08 Å². The van der Waals surface area contributed by atoms with Gasteiger partial charge < -0.3 is 5.11 Å². The van der Waals surface area contributed by atoms with Crippen molar-refractivity contribution < 1.29 is 14.7 Å². The zero-order valence-electron chi connectivity index (χ0n) is 10.2. The summed E-state index contributed by atoms with van der Waals surface area (Å²) in [7, 11) is 0. The zero-order chi connectivity index (χ0) is 13.2. The minimum Gasteiger partial charge on any atom is -0.375 e. The Bertz CT molecular complexity index is 438. The highest BCUT2D eigenvalue weighted by Gasteiger charge is 2.56. The summed E-state index contributed by atoms with van der Waals surface area (Å²) in [6.45, 7) is 3.99. The first-order valence-corrected chi connectivity index (χ1v) is 6.16. The Labute approximate surface area is 106 Å². The molecule has 0 spiro atoms. The molecule has 2 amide bonds. The number of imide groups is 1. The number of amides is 2. The molecule has 1 aliphatic carbocycles. The topological polar surface area (TPSA) is 57.6 Å². The first-order chi connectivity index (χ1) is 8.61. The van der Waals surface area contributed by atoms with Crippen LogP contribution >= 0.6 is 0 Å². The Morgan fingerprint density at radius 3 is 2.83 bits per heavy atom. The number of nitrogens with zero attached hydrogens (tertiary/aromatic N) is 1. The molecule has 2 aliphatic rings. The van der Waals surface area contributed by atoms with E-state index in [-0.39, 0.29) is 5.91 Å². The number of likely N-dealkylation sites (tertiary alicyclic amines) is 1. The van der Waals surface area contributed by atoms with Crippen LogP contribution in [0.15, 0.2) is 37.0 Å². The van der Waals surface area contributed by atoms with Crippen molar-refractivity contribution in [1.82, 2.24) is 4.90 Å². The second kappa shape index (κ2) is 4.90. The third kappa shape index (κ3) is 1.93. The van der Waals surface area contributed by atoms with E-state index in [1.54, 1.807) is 18.2 Å². The van der Waals surface area contributed by atoms with Crippen molar-refractivity contribution >= 4 is 11.8 Å². The first-order valence-electron chi connectivity index (χ1n) is 6.16. The lowest BCUT2D eigenvalue weighted by Gasteiger charge is -2.21. The van der Waals surface area contributed by atoms with Crippen LogP contribution in [-0.4, -0.2) is 34.0 Å². The summed E-state index contributed by atoms with van der Waals surface area (Å²) < 4.78 is 0. The SMILES string of the molecule is C=CCCCCN1C(=O)C2C=CC=CC2(O)C1=O. The van der Waals surface area contributed by atoms with Crippen molar-refractivity contribution in [3.05, 3.63) is 37.0 Å². The molecule has 4 nitrogen and oxygen atoms in total. The normalized spacial score (nSPS) is 29.8. The maximum absolute atomic E-state index is 12.1. The lowest BCUT2D eigenvalue weighted by Crippen LogP contribution is -2.42. The van der Waals surface area contributed by atoms with Crippen molar-refractivity contribution in [1.29, 1.82) is 0 Å². The molecule has 2 rings (SSSR count). The van der Waals surface area contributed by atoms with E-state index in [2.05, 4.69) is 6.58 Å². The van der Waals surface area contributed by atoms with Crippen LogP contribution in [0.1, 0.15) is 19.3 Å². The van der Waals surface area contributed by atoms with Gasteiger partial charge in [0.2, 0.25) is 5.91 Å². The third-order valence-corrected chi connectivity index (χ3v) is 3.40. The van der Waals surface area contributed by atoms with Gasteiger partial charge in [-0.05, 0) is 25.3 Å². The van der Waals surface area contributed by atoms with Gasteiger partial charge in [0.25, 0.3) is 5.91 Å². The van der Waals surface area contributed by atoms with E-state index in [0.717, 1.165) is 19.3 Å². The van der Waals surface area contributed by atoms with E-state index < -0.39 is 17.4 Å². The molecule has 0 aromatic carbocycles. The van der Waals surface area contributed by atoms with Crippen molar-refractivity contribution in [3.63, 3.8) is 0 Å². The van der Waals surface area contributed by atoms with Crippen molar-refractivity contribution in [2.24, 2.45) is 5.92 Å². The Morgan fingerprint density at radius 2 is 2.17 bits per heavy atom. The molecule has 2 unspecified atom stereocenters. The summed E-state index contributed by atoms with van der Waals surface area (Å²) >= 11 is 0. The Balaban J connectivity index is 2.07. The van der Waals surface area contributed by atoms with Crippen molar-refractivity contribution in [2.75, 3.05) is 6.54 Å². The number of fused-ring (bicyclic) bond motifs is 1. The molecule has 18 heavy (non-hydrogen) atoms. The molecule has 96 valence electrons. The molecule has 0 bridgehead atoms. The Morgan fingerprint density at radius 1 is 1.39 bits per heavy atom. The monoisotopic (exact) mass is 247 g/mol. The molecular weight excluding hydrogens is 230 g/mol. The second-order valence-corrected chi connectivity index (χ2v) is 4.63. The number of carbonyl (C=O) groups excluding carboxylic acids is 2. The van der Waals surface area contributed by atoms with E-state index in [1.165, 1.54) is 11.0 Å². The number of carbonyl (C=O) groups is 2. The highest BCUT2D eigenvalue weighted by atomic mass is 16.3. The molecular formula is C14H17NO3. The number of rotatable bonds is 5. The lowest BCUT2D eigenvalue weighted by atomic mass is 9.86.